The van der Waals surface area contributed by atoms with Gasteiger partial charge in [0, 0.05) is 6.42 Å². The summed E-state index contributed by atoms with van der Waals surface area (Å²) in [4.78, 5) is 13.6. The van der Waals surface area contributed by atoms with Crippen molar-refractivity contribution in [1.82, 2.24) is 0 Å². The van der Waals surface area contributed by atoms with Crippen molar-refractivity contribution < 1.29 is 23.7 Å². The van der Waals surface area contributed by atoms with Gasteiger partial charge in [-0.1, -0.05) is 132 Å². The van der Waals surface area contributed by atoms with E-state index in [9.17, 15) is 4.79 Å². The Morgan fingerprint density at radius 3 is 1.85 bits per heavy atom. The van der Waals surface area contributed by atoms with Gasteiger partial charge < -0.3 is 18.9 Å². The van der Waals surface area contributed by atoms with Crippen LogP contribution in [0, 0.1) is 0 Å². The molecule has 0 aliphatic carbocycles. The molecule has 3 rings (SSSR count). The Morgan fingerprint density at radius 1 is 0.750 bits per heavy atom. The minimum Gasteiger partial charge on any atom is -0.374 e. The van der Waals surface area contributed by atoms with Gasteiger partial charge in [-0.15, -0.1) is 0 Å². The van der Waals surface area contributed by atoms with E-state index >= 15 is 0 Å². The molecule has 1 saturated heterocycles. The average Bonchev–Trinajstić information content (AvgIpc) is 3.26. The molecule has 2 aromatic rings. The summed E-state index contributed by atoms with van der Waals surface area (Å²) in [5.41, 5.74) is 2.13. The number of unbranched alkanes of at least 4 members (excludes halogenated alkanes) is 10. The molecule has 0 amide bonds. The summed E-state index contributed by atoms with van der Waals surface area (Å²) in [6, 6.07) is 20.1. The molecule has 1 fully saturated rings. The van der Waals surface area contributed by atoms with E-state index in [2.05, 4.69) is 6.92 Å². The standard InChI is InChI=1S/C35H52O5/c1-4-5-6-7-8-9-10-11-12-13-20-25-31(36)33(38-27-30-23-18-15-19-24-30)34-32(39-35(2,3)40-34)28-37-26-29-21-16-14-17-22-29/h14-19,21-24,32-34H,4-13,20,25-28H2,1-3H3/t32-,33+,34+/m1/s1. The van der Waals surface area contributed by atoms with Gasteiger partial charge in [0.25, 0.3) is 0 Å². The number of benzene rings is 2. The highest BCUT2D eigenvalue weighted by Gasteiger charge is 2.47. The summed E-state index contributed by atoms with van der Waals surface area (Å²) in [5.74, 6) is -0.720. The van der Waals surface area contributed by atoms with Crippen LogP contribution in [0.2, 0.25) is 0 Å². The zero-order valence-electron chi connectivity index (χ0n) is 25.2. The predicted molar refractivity (Wildman–Crippen MR) is 161 cm³/mol. The molecule has 3 atom stereocenters. The first-order valence-electron chi connectivity index (χ1n) is 15.6. The normalized spacial score (nSPS) is 19.1. The first kappa shape index (κ1) is 32.5. The Morgan fingerprint density at radius 2 is 1.27 bits per heavy atom. The first-order chi connectivity index (χ1) is 19.5. The first-order valence-corrected chi connectivity index (χ1v) is 15.6. The molecule has 0 unspecified atom stereocenters. The molecule has 2 aromatic carbocycles. The molecule has 222 valence electrons. The third-order valence-electron chi connectivity index (χ3n) is 7.53. The highest BCUT2D eigenvalue weighted by molar-refractivity contribution is 5.83. The van der Waals surface area contributed by atoms with Crippen LogP contribution in [0.15, 0.2) is 60.7 Å². The second kappa shape index (κ2) is 18.4. The Kier molecular flexibility index (Phi) is 14.9. The van der Waals surface area contributed by atoms with E-state index < -0.39 is 18.0 Å². The maximum Gasteiger partial charge on any atom is 0.164 e. The van der Waals surface area contributed by atoms with Gasteiger partial charge >= 0.3 is 0 Å². The van der Waals surface area contributed by atoms with Crippen LogP contribution in [0.3, 0.4) is 0 Å². The van der Waals surface area contributed by atoms with Crippen molar-refractivity contribution in [3.63, 3.8) is 0 Å². The van der Waals surface area contributed by atoms with Crippen molar-refractivity contribution in [3.05, 3.63) is 71.8 Å². The van der Waals surface area contributed by atoms with Crippen molar-refractivity contribution in [2.75, 3.05) is 6.61 Å². The second-order valence-corrected chi connectivity index (χ2v) is 11.6. The fraction of sp³-hybridized carbons (Fsp3) is 0.629. The molecule has 0 radical (unpaired) electrons. The fourth-order valence-electron chi connectivity index (χ4n) is 5.35. The molecule has 5 nitrogen and oxygen atoms in total. The van der Waals surface area contributed by atoms with E-state index in [4.69, 9.17) is 18.9 Å². The summed E-state index contributed by atoms with van der Waals surface area (Å²) in [6.45, 7) is 7.21. The number of ketones is 1. The van der Waals surface area contributed by atoms with Gasteiger partial charge in [0.2, 0.25) is 0 Å². The maximum absolute atomic E-state index is 13.6. The highest BCUT2D eigenvalue weighted by atomic mass is 16.8. The predicted octanol–water partition coefficient (Wildman–Crippen LogP) is 8.58. The fourth-order valence-corrected chi connectivity index (χ4v) is 5.35. The van der Waals surface area contributed by atoms with E-state index in [-0.39, 0.29) is 11.9 Å². The second-order valence-electron chi connectivity index (χ2n) is 11.6. The zero-order chi connectivity index (χ0) is 28.5. The molecule has 0 N–H and O–H groups in total. The van der Waals surface area contributed by atoms with Gasteiger partial charge in [-0.3, -0.25) is 4.79 Å². The van der Waals surface area contributed by atoms with Crippen molar-refractivity contribution in [2.24, 2.45) is 0 Å². The van der Waals surface area contributed by atoms with Crippen LogP contribution in [0.1, 0.15) is 109 Å². The number of ether oxygens (including phenoxy) is 4. The SMILES string of the molecule is CCCCCCCCCCCCCC(=O)[C@H](OCc1ccccc1)[C@H]1OC(C)(C)O[C@@H]1COCc1ccccc1. The molecule has 0 bridgehead atoms. The van der Waals surface area contributed by atoms with Crippen LogP contribution < -0.4 is 0 Å². The van der Waals surface area contributed by atoms with Gasteiger partial charge in [-0.25, -0.2) is 0 Å². The molecule has 1 aliphatic rings. The lowest BCUT2D eigenvalue weighted by Gasteiger charge is -2.26. The Bertz CT molecular complexity index is 929. The van der Waals surface area contributed by atoms with E-state index in [1.807, 2.05) is 74.5 Å². The zero-order valence-corrected chi connectivity index (χ0v) is 25.2. The molecule has 1 aliphatic heterocycles. The molecule has 0 saturated carbocycles. The van der Waals surface area contributed by atoms with Crippen molar-refractivity contribution in [1.29, 1.82) is 0 Å². The summed E-state index contributed by atoms with van der Waals surface area (Å²) < 4.78 is 24.8. The van der Waals surface area contributed by atoms with Crippen LogP contribution in [-0.2, 0) is 37.0 Å². The minimum atomic E-state index is -0.809. The number of hydrogen-bond donors (Lipinski definition) is 0. The third-order valence-corrected chi connectivity index (χ3v) is 7.53. The number of carbonyl (C=O) groups is 1. The molecule has 5 heteroatoms. The van der Waals surface area contributed by atoms with Crippen LogP contribution in [0.25, 0.3) is 0 Å². The average molecular weight is 553 g/mol. The van der Waals surface area contributed by atoms with Gasteiger partial charge in [0.15, 0.2) is 11.6 Å². The Labute approximate surface area is 242 Å². The Hall–Kier alpha value is -2.05. The summed E-state index contributed by atoms with van der Waals surface area (Å²) in [6.07, 6.45) is 12.7. The quantitative estimate of drug-likeness (QED) is 0.145. The maximum atomic E-state index is 13.6. The van der Waals surface area contributed by atoms with Crippen LogP contribution in [0.4, 0.5) is 0 Å². The molecule has 0 aromatic heterocycles. The van der Waals surface area contributed by atoms with Crippen molar-refractivity contribution in [3.8, 4) is 0 Å². The third kappa shape index (κ3) is 12.2. The molecule has 0 spiro atoms. The molecule has 1 heterocycles. The van der Waals surface area contributed by atoms with Crippen molar-refractivity contribution in [2.45, 2.75) is 135 Å². The van der Waals surface area contributed by atoms with Crippen LogP contribution in [-0.4, -0.2) is 36.5 Å². The van der Waals surface area contributed by atoms with Gasteiger partial charge in [0.1, 0.15) is 18.3 Å². The van der Waals surface area contributed by atoms with Crippen LogP contribution in [0.5, 0.6) is 0 Å². The largest absolute Gasteiger partial charge is 0.374 e. The van der Waals surface area contributed by atoms with Gasteiger partial charge in [-0.2, -0.15) is 0 Å². The number of Topliss-reactive ketones (excluding diaryl/α,β-unsaturated/α-hetero) is 1. The molecular weight excluding hydrogens is 500 g/mol. The highest BCUT2D eigenvalue weighted by Crippen LogP contribution is 2.32. The number of hydrogen-bond acceptors (Lipinski definition) is 5. The summed E-state index contributed by atoms with van der Waals surface area (Å²) in [5, 5.41) is 0. The van der Waals surface area contributed by atoms with E-state index in [0.717, 1.165) is 24.0 Å². The summed E-state index contributed by atoms with van der Waals surface area (Å²) in [7, 11) is 0. The molecular formula is C35H52O5. The lowest BCUT2D eigenvalue weighted by atomic mass is 9.99. The topological polar surface area (TPSA) is 54.0 Å². The monoisotopic (exact) mass is 552 g/mol. The number of rotatable bonds is 21. The Balaban J connectivity index is 1.50. The minimum absolute atomic E-state index is 0.0891. The van der Waals surface area contributed by atoms with Gasteiger partial charge in [0.05, 0.1) is 19.8 Å². The lowest BCUT2D eigenvalue weighted by molar-refractivity contribution is -0.167. The van der Waals surface area contributed by atoms with Crippen molar-refractivity contribution >= 4 is 5.78 Å². The number of carbonyl (C=O) groups excluding carboxylic acids is 1. The van der Waals surface area contributed by atoms with E-state index in [1.165, 1.54) is 57.8 Å². The van der Waals surface area contributed by atoms with E-state index in [1.54, 1.807) is 0 Å². The smallest absolute Gasteiger partial charge is 0.164 e. The lowest BCUT2D eigenvalue weighted by Crippen LogP contribution is -2.44. The van der Waals surface area contributed by atoms with Gasteiger partial charge in [-0.05, 0) is 31.4 Å². The summed E-state index contributed by atoms with van der Waals surface area (Å²) >= 11 is 0. The van der Waals surface area contributed by atoms with Crippen LogP contribution >= 0.6 is 0 Å². The molecule has 40 heavy (non-hydrogen) atoms. The van der Waals surface area contributed by atoms with E-state index in [0.29, 0.717) is 26.2 Å².